The summed E-state index contributed by atoms with van der Waals surface area (Å²) in [6, 6.07) is 2.51. The summed E-state index contributed by atoms with van der Waals surface area (Å²) in [5.74, 6) is 0. The minimum absolute atomic E-state index is 0.569. The predicted molar refractivity (Wildman–Crippen MR) is 98.9 cm³/mol. The van der Waals surface area contributed by atoms with Crippen LogP contribution in [-0.4, -0.2) is 4.98 Å². The Morgan fingerprint density at radius 3 is 2.29 bits per heavy atom. The van der Waals surface area contributed by atoms with Gasteiger partial charge in [-0.15, -0.1) is 11.3 Å². The number of hydrogen-bond acceptors (Lipinski definition) is 4. The van der Waals surface area contributed by atoms with Crippen LogP contribution >= 0.6 is 22.9 Å². The van der Waals surface area contributed by atoms with Crippen LogP contribution in [-0.2, 0) is 32.2 Å². The zero-order valence-corrected chi connectivity index (χ0v) is 15.2. The first-order valence-corrected chi connectivity index (χ1v) is 9.91. The molecule has 0 amide bonds. The number of nitrogens with one attached hydrogen (secondary N) is 1. The van der Waals surface area contributed by atoms with Gasteiger partial charge in [-0.2, -0.15) is 5.26 Å². The highest BCUT2D eigenvalue weighted by atomic mass is 35.5. The first kappa shape index (κ1) is 15.9. The summed E-state index contributed by atoms with van der Waals surface area (Å²) in [6.07, 6.45) is 11.2. The summed E-state index contributed by atoms with van der Waals surface area (Å²) in [7, 11) is 0. The third-order valence-corrected chi connectivity index (χ3v) is 6.34. The molecular formula is C19H20ClN3S. The fourth-order valence-corrected chi connectivity index (χ4v) is 5.11. The Balaban J connectivity index is 1.78. The monoisotopic (exact) mass is 357 g/mol. The van der Waals surface area contributed by atoms with Crippen LogP contribution in [0.1, 0.15) is 58.4 Å². The van der Waals surface area contributed by atoms with Crippen molar-refractivity contribution >= 4 is 28.6 Å². The van der Waals surface area contributed by atoms with Gasteiger partial charge in [0.15, 0.2) is 4.47 Å². The van der Waals surface area contributed by atoms with Gasteiger partial charge in [0.2, 0.25) is 0 Å². The molecule has 0 bridgehead atoms. The van der Waals surface area contributed by atoms with Crippen molar-refractivity contribution in [2.24, 2.45) is 0 Å². The van der Waals surface area contributed by atoms with Gasteiger partial charge in [-0.3, -0.25) is 0 Å². The lowest BCUT2D eigenvalue weighted by molar-refractivity contribution is 0.640. The Labute approximate surface area is 151 Å². The summed E-state index contributed by atoms with van der Waals surface area (Å²) in [6.45, 7) is 0.685. The maximum atomic E-state index is 9.86. The molecule has 0 saturated carbocycles. The molecule has 0 unspecified atom stereocenters. The van der Waals surface area contributed by atoms with E-state index in [4.69, 9.17) is 11.6 Å². The normalized spacial score (nSPS) is 16.2. The van der Waals surface area contributed by atoms with E-state index in [9.17, 15) is 5.26 Å². The number of nitriles is 1. The lowest BCUT2D eigenvalue weighted by atomic mass is 9.77. The molecule has 4 rings (SSSR count). The molecule has 2 aliphatic carbocycles. The predicted octanol–water partition coefficient (Wildman–Crippen LogP) is 5.04. The maximum absolute atomic E-state index is 9.86. The Hall–Kier alpha value is -1.57. The van der Waals surface area contributed by atoms with E-state index in [1.54, 1.807) is 5.56 Å². The Morgan fingerprint density at radius 1 is 1.04 bits per heavy atom. The Kier molecular flexibility index (Phi) is 4.47. The number of nitrogens with zero attached hydrogens (tertiary/aromatic N) is 2. The molecule has 3 nitrogen and oxygen atoms in total. The van der Waals surface area contributed by atoms with Crippen LogP contribution in [0.2, 0.25) is 4.47 Å². The summed E-state index contributed by atoms with van der Waals surface area (Å²) in [5.41, 5.74) is 7.72. The molecule has 1 aromatic carbocycles. The van der Waals surface area contributed by atoms with Crippen molar-refractivity contribution in [2.75, 3.05) is 5.32 Å². The molecule has 0 atom stereocenters. The number of rotatable bonds is 3. The second kappa shape index (κ2) is 6.74. The van der Waals surface area contributed by atoms with Crippen LogP contribution in [0, 0.1) is 11.3 Å². The van der Waals surface area contributed by atoms with Gasteiger partial charge >= 0.3 is 0 Å². The number of halogens is 1. The molecule has 124 valence electrons. The van der Waals surface area contributed by atoms with Crippen LogP contribution in [0.25, 0.3) is 0 Å². The van der Waals surface area contributed by atoms with Crippen LogP contribution in [0.5, 0.6) is 0 Å². The van der Waals surface area contributed by atoms with E-state index >= 15 is 0 Å². The maximum Gasteiger partial charge on any atom is 0.183 e. The van der Waals surface area contributed by atoms with Gasteiger partial charge in [-0.05, 0) is 73.6 Å². The fourth-order valence-electron chi connectivity index (χ4n) is 4.19. The molecule has 5 heteroatoms. The van der Waals surface area contributed by atoms with Crippen LogP contribution in [0.15, 0.2) is 6.20 Å². The summed E-state index contributed by atoms with van der Waals surface area (Å²) >= 11 is 7.43. The third kappa shape index (κ3) is 2.81. The zero-order valence-electron chi connectivity index (χ0n) is 13.6. The second-order valence-corrected chi connectivity index (χ2v) is 8.32. The summed E-state index contributed by atoms with van der Waals surface area (Å²) in [5, 5.41) is 13.4. The highest BCUT2D eigenvalue weighted by Crippen LogP contribution is 2.40. The minimum atomic E-state index is 0.569. The lowest BCUT2D eigenvalue weighted by Crippen LogP contribution is -2.18. The summed E-state index contributed by atoms with van der Waals surface area (Å²) < 4.78 is 0.569. The molecule has 0 saturated heterocycles. The molecule has 2 aliphatic rings. The third-order valence-electron chi connectivity index (χ3n) is 5.23. The topological polar surface area (TPSA) is 48.7 Å². The molecule has 24 heavy (non-hydrogen) atoms. The van der Waals surface area contributed by atoms with E-state index in [2.05, 4.69) is 16.4 Å². The second-order valence-electron chi connectivity index (χ2n) is 6.62. The van der Waals surface area contributed by atoms with Crippen molar-refractivity contribution in [3.05, 3.63) is 43.4 Å². The molecule has 0 spiro atoms. The van der Waals surface area contributed by atoms with Gasteiger partial charge in [0, 0.05) is 11.1 Å². The van der Waals surface area contributed by atoms with Crippen LogP contribution < -0.4 is 5.32 Å². The molecule has 1 aromatic heterocycles. The van der Waals surface area contributed by atoms with Gasteiger partial charge < -0.3 is 5.32 Å². The van der Waals surface area contributed by atoms with Crippen molar-refractivity contribution in [1.29, 1.82) is 5.26 Å². The Bertz CT molecular complexity index is 819. The van der Waals surface area contributed by atoms with Gasteiger partial charge in [-0.1, -0.05) is 11.6 Å². The SMILES string of the molecule is N#Cc1c2c(c3c(c1NCc1cnc(Cl)s1)CCCC3)CCCC2. The first-order chi connectivity index (χ1) is 11.8. The number of anilines is 1. The molecule has 1 N–H and O–H groups in total. The van der Waals surface area contributed by atoms with E-state index in [-0.39, 0.29) is 0 Å². The molecule has 2 aromatic rings. The number of hydrogen-bond donors (Lipinski definition) is 1. The minimum Gasteiger partial charge on any atom is -0.379 e. The number of aromatic nitrogens is 1. The molecule has 0 fully saturated rings. The van der Waals surface area contributed by atoms with Crippen molar-refractivity contribution < 1.29 is 0 Å². The van der Waals surface area contributed by atoms with E-state index in [0.29, 0.717) is 11.0 Å². The van der Waals surface area contributed by atoms with Crippen molar-refractivity contribution in [2.45, 2.75) is 57.9 Å². The largest absolute Gasteiger partial charge is 0.379 e. The summed E-state index contributed by atoms with van der Waals surface area (Å²) in [4.78, 5) is 5.21. The quantitative estimate of drug-likeness (QED) is 0.837. The van der Waals surface area contributed by atoms with Gasteiger partial charge in [0.05, 0.1) is 17.8 Å². The molecule has 0 radical (unpaired) electrons. The smallest absolute Gasteiger partial charge is 0.183 e. The van der Waals surface area contributed by atoms with Crippen molar-refractivity contribution in [3.8, 4) is 6.07 Å². The number of thiazole rings is 1. The van der Waals surface area contributed by atoms with E-state index < -0.39 is 0 Å². The molecule has 1 heterocycles. The van der Waals surface area contributed by atoms with Gasteiger partial charge in [0.25, 0.3) is 0 Å². The molecule has 0 aliphatic heterocycles. The lowest BCUT2D eigenvalue weighted by Gasteiger charge is -2.29. The highest BCUT2D eigenvalue weighted by molar-refractivity contribution is 7.15. The first-order valence-electron chi connectivity index (χ1n) is 8.71. The van der Waals surface area contributed by atoms with Crippen LogP contribution in [0.3, 0.4) is 0 Å². The average molecular weight is 358 g/mol. The number of benzene rings is 1. The van der Waals surface area contributed by atoms with E-state index in [0.717, 1.165) is 35.4 Å². The average Bonchev–Trinajstić information content (AvgIpc) is 3.04. The standard InChI is InChI=1S/C19H20ClN3S/c20-19-23-11-12(24-19)10-22-18-16-8-4-3-6-14(16)13-5-1-2-7-15(13)17(18)9-21/h11,22H,1-8,10H2. The van der Waals surface area contributed by atoms with Crippen molar-refractivity contribution in [1.82, 2.24) is 4.98 Å². The zero-order chi connectivity index (χ0) is 16.5. The highest BCUT2D eigenvalue weighted by Gasteiger charge is 2.26. The van der Waals surface area contributed by atoms with E-state index in [1.165, 1.54) is 60.1 Å². The Morgan fingerprint density at radius 2 is 1.67 bits per heavy atom. The van der Waals surface area contributed by atoms with E-state index in [1.807, 2.05) is 6.20 Å². The van der Waals surface area contributed by atoms with Crippen molar-refractivity contribution in [3.63, 3.8) is 0 Å². The van der Waals surface area contributed by atoms with Gasteiger partial charge in [0.1, 0.15) is 6.07 Å². The van der Waals surface area contributed by atoms with Gasteiger partial charge in [-0.25, -0.2) is 4.98 Å². The molecular weight excluding hydrogens is 338 g/mol. The fraction of sp³-hybridized carbons (Fsp3) is 0.474. The van der Waals surface area contributed by atoms with Crippen LogP contribution in [0.4, 0.5) is 5.69 Å². The number of fused-ring (bicyclic) bond motifs is 3.